The largest absolute Gasteiger partial charge is 0.508 e. The lowest BCUT2D eigenvalue weighted by Gasteiger charge is -2.30. The third-order valence-electron chi connectivity index (χ3n) is 13.6. The number of aliphatic hydroxyl groups is 1. The van der Waals surface area contributed by atoms with E-state index in [4.69, 9.17) is 17.5 Å². The quantitative estimate of drug-likeness (QED) is 0.00775. The number of benzene rings is 1. The minimum Gasteiger partial charge on any atom is -0.508 e. The molecule has 12 atom stereocenters. The average Bonchev–Trinajstić information content (AvgIpc) is 2.81. The molecule has 0 radical (unpaired) electrons. The number of amides is 5. The molecule has 86 heavy (non-hydrogen) atoms. The zero-order valence-electron chi connectivity index (χ0n) is 47.1. The van der Waals surface area contributed by atoms with Gasteiger partial charge in [-0.15, -0.1) is 11.7 Å². The molecule has 0 bridgehead atoms. The molecule has 1 aromatic rings. The molecule has 2 aliphatic heterocycles. The smallest absolute Gasteiger partial charge is 0.303 e. The first-order valence-corrected chi connectivity index (χ1v) is 33.7. The number of rotatable bonds is 44. The molecule has 3 rings (SSSR count). The zero-order chi connectivity index (χ0) is 64.4. The van der Waals surface area contributed by atoms with Gasteiger partial charge < -0.3 is 47.2 Å². The van der Waals surface area contributed by atoms with Crippen LogP contribution in [0.1, 0.15) is 64.9 Å². The van der Waals surface area contributed by atoms with Crippen molar-refractivity contribution in [3.8, 4) is 5.75 Å². The van der Waals surface area contributed by atoms with Crippen molar-refractivity contribution in [3.05, 3.63) is 29.8 Å². The van der Waals surface area contributed by atoms with Crippen molar-refractivity contribution in [2.24, 2.45) is 5.73 Å². The Bertz CT molecular complexity index is 2570. The van der Waals surface area contributed by atoms with E-state index in [2.05, 4.69) is 97.2 Å². The van der Waals surface area contributed by atoms with Crippen molar-refractivity contribution in [2.75, 3.05) is 54.3 Å². The number of halogens is 1. The molecular weight excluding hydrogens is 1280 g/mol. The van der Waals surface area contributed by atoms with Crippen LogP contribution < -0.4 is 53.4 Å². The molecular formula is C50H75ClN12O16S7. The molecule has 14 N–H and O–H groups in total. The summed E-state index contributed by atoms with van der Waals surface area (Å²) in [4.78, 5) is 177. The Balaban J connectivity index is 1.86. The summed E-state index contributed by atoms with van der Waals surface area (Å²) in [5.41, 5.74) is 13.9. The fraction of sp³-hybridized carbons (Fsp3) is 0.620. The predicted molar refractivity (Wildman–Crippen MR) is 336 cm³/mol. The Morgan fingerprint density at radius 3 is 1.98 bits per heavy atom. The van der Waals surface area contributed by atoms with Crippen molar-refractivity contribution in [2.45, 2.75) is 138 Å². The molecule has 2 unspecified atom stereocenters. The van der Waals surface area contributed by atoms with E-state index < -0.39 is 162 Å². The number of aliphatic hydroxyl groups excluding tert-OH is 1. The van der Waals surface area contributed by atoms with E-state index >= 15 is 0 Å². The van der Waals surface area contributed by atoms with E-state index in [9.17, 15) is 77.6 Å². The normalized spacial score (nSPS) is 18.7. The number of carbonyl (C=O) groups is 13. The molecule has 2 aliphatic rings. The van der Waals surface area contributed by atoms with Gasteiger partial charge in [0.05, 0.1) is 67.7 Å². The molecule has 2 fully saturated rings. The number of nitrogens with two attached hydrogens (primary N) is 1. The fourth-order valence-corrected chi connectivity index (χ4v) is 12.8. The van der Waals surface area contributed by atoms with Crippen molar-refractivity contribution in [3.63, 3.8) is 0 Å². The number of aromatic hydroxyl groups is 1. The lowest BCUT2D eigenvalue weighted by molar-refractivity contribution is -0.144. The SMILES string of the molecule is CCC(=O)[C@H](C)NCC(=O)[C@@H]1CCCN1N[C@@H](CC(N)=O)C(=O)N[C@@H](CS)C(=O)N[C@@H](CS)C(=O)C(=O)[C@H](Cc1ccc(O)cc1)NN[C@@H](CCC(=O)O)C(=O)C(=O)C(CSSCC(=O)[C@H](CS)NC(=O)[C@@H](NCl)[C@@H](C)O)N1CNC(CSS)C1=O. The van der Waals surface area contributed by atoms with Crippen LogP contribution in [0.4, 0.5) is 0 Å². The van der Waals surface area contributed by atoms with E-state index in [-0.39, 0.29) is 78.7 Å². The van der Waals surface area contributed by atoms with Gasteiger partial charge in [0.15, 0.2) is 11.6 Å². The number of nitrogens with zero attached hydrogens (tertiary/aromatic N) is 2. The standard InChI is InChI=1S/C50H75ClN12O16S7/c1-4-37(66)24(2)53-16-38(67)35-6-5-13-63(35)61-30(15-40(52)69)47(76)57-33(19-82)48(77)56-32(18-81)45(74)44(73)29(14-26-7-9-27(65)10-8-26)60-59-28(11-12-41(70)71)43(72)46(75)36(62-23-54-34(20-84-83)50(62)79)21-85-86-22-39(68)31(17-80)55-49(78)42(58-51)25(3)64/h7-10,24-25,28-36,42,53-54,58-61,64-65,80-83H,4-6,11-23H2,1-3H3,(H2,52,69)(H,55,78)(H,56,77)(H,57,76)(H,70,71)/t24-,25+,28-,29-,30-,31-,32-,33-,34?,35-,36?,42-/m0/s1. The number of phenolic OH excluding ortho intramolecular Hbond substituents is 1. The summed E-state index contributed by atoms with van der Waals surface area (Å²) in [6.45, 7) is 4.54. The first-order chi connectivity index (χ1) is 40.8. The summed E-state index contributed by atoms with van der Waals surface area (Å²) in [6, 6.07) is -8.76. The van der Waals surface area contributed by atoms with Crippen LogP contribution in [0.25, 0.3) is 0 Å². The van der Waals surface area contributed by atoms with Crippen LogP contribution in [-0.4, -0.2) is 228 Å². The van der Waals surface area contributed by atoms with Gasteiger partial charge in [-0.05, 0) is 69.0 Å². The van der Waals surface area contributed by atoms with E-state index in [1.54, 1.807) is 13.8 Å². The van der Waals surface area contributed by atoms with E-state index in [1.165, 1.54) is 36.2 Å². The van der Waals surface area contributed by atoms with Crippen LogP contribution >= 0.6 is 93.7 Å². The highest BCUT2D eigenvalue weighted by molar-refractivity contribution is 8.76. The highest BCUT2D eigenvalue weighted by atomic mass is 35.5. The number of hydrazine groups is 2. The molecule has 0 aliphatic carbocycles. The second-order valence-electron chi connectivity index (χ2n) is 19.9. The second kappa shape index (κ2) is 39.2. The molecule has 1 aromatic carbocycles. The lowest BCUT2D eigenvalue weighted by atomic mass is 9.97. The number of ketones is 7. The number of aliphatic carboxylic acids is 1. The van der Waals surface area contributed by atoms with Gasteiger partial charge in [0, 0.05) is 48.2 Å². The van der Waals surface area contributed by atoms with Crippen molar-refractivity contribution in [1.29, 1.82) is 0 Å². The highest BCUT2D eigenvalue weighted by Crippen LogP contribution is 2.27. The van der Waals surface area contributed by atoms with Crippen LogP contribution in [0.15, 0.2) is 24.3 Å². The van der Waals surface area contributed by atoms with Crippen LogP contribution in [0.5, 0.6) is 5.75 Å². The van der Waals surface area contributed by atoms with Gasteiger partial charge in [0.25, 0.3) is 0 Å². The maximum Gasteiger partial charge on any atom is 0.303 e. The number of primary amides is 1. The molecule has 36 heteroatoms. The number of hydrogen-bond acceptors (Lipinski definition) is 29. The van der Waals surface area contributed by atoms with Crippen molar-refractivity contribution in [1.82, 2.24) is 57.6 Å². The van der Waals surface area contributed by atoms with Crippen molar-refractivity contribution >= 4 is 170 Å². The summed E-state index contributed by atoms with van der Waals surface area (Å²) < 4.78 is 0. The summed E-state index contributed by atoms with van der Waals surface area (Å²) in [5.74, 6) is -13.1. The van der Waals surface area contributed by atoms with Gasteiger partial charge in [0.2, 0.25) is 52.7 Å². The summed E-state index contributed by atoms with van der Waals surface area (Å²) in [7, 11) is 2.87. The first-order valence-electron chi connectivity index (χ1n) is 26.9. The first kappa shape index (κ1) is 76.2. The molecule has 28 nitrogen and oxygen atoms in total. The average molecular weight is 1360 g/mol. The van der Waals surface area contributed by atoms with E-state index in [0.717, 1.165) is 37.3 Å². The third-order valence-corrected chi connectivity index (χ3v) is 18.1. The summed E-state index contributed by atoms with van der Waals surface area (Å²) >= 11 is 22.3. The van der Waals surface area contributed by atoms with E-state index in [0.29, 0.717) is 18.4 Å². The van der Waals surface area contributed by atoms with E-state index in [1.807, 2.05) is 0 Å². The van der Waals surface area contributed by atoms with Gasteiger partial charge in [-0.3, -0.25) is 67.6 Å². The Morgan fingerprint density at radius 1 is 0.802 bits per heavy atom. The number of carbonyl (C=O) groups excluding carboxylic acids is 12. The number of carboxylic acids is 1. The molecule has 5 amide bonds. The van der Waals surface area contributed by atoms with Crippen LogP contribution in [0.3, 0.4) is 0 Å². The Hall–Kier alpha value is -4.05. The predicted octanol–water partition coefficient (Wildman–Crippen LogP) is -2.96. The third kappa shape index (κ3) is 24.0. The molecule has 480 valence electrons. The van der Waals surface area contributed by atoms with Crippen LogP contribution in [0.2, 0.25) is 0 Å². The van der Waals surface area contributed by atoms with Gasteiger partial charge in [-0.1, -0.05) is 51.4 Å². The molecule has 2 heterocycles. The maximum absolute atomic E-state index is 14.5. The molecule has 2 saturated heterocycles. The summed E-state index contributed by atoms with van der Waals surface area (Å²) in [6.07, 6.45) is -2.30. The highest BCUT2D eigenvalue weighted by Gasteiger charge is 2.43. The molecule has 0 aromatic heterocycles. The number of carboxylic acid groups (broad SMARTS) is 1. The lowest BCUT2D eigenvalue weighted by Crippen LogP contribution is -2.61. The molecule has 0 saturated carbocycles. The summed E-state index contributed by atoms with van der Waals surface area (Å²) in [5, 5.41) is 44.2. The Labute approximate surface area is 535 Å². The van der Waals surface area contributed by atoms with Crippen LogP contribution in [0, 0.1) is 0 Å². The van der Waals surface area contributed by atoms with Crippen molar-refractivity contribution < 1.29 is 77.6 Å². The monoisotopic (exact) mass is 1360 g/mol. The Morgan fingerprint density at radius 2 is 1.40 bits per heavy atom. The molecule has 0 spiro atoms. The maximum atomic E-state index is 14.5. The zero-order valence-corrected chi connectivity index (χ0v) is 53.8. The van der Waals surface area contributed by atoms with Gasteiger partial charge >= 0.3 is 5.97 Å². The fourth-order valence-electron chi connectivity index (χ4n) is 8.58. The number of thiol groups is 4. The van der Waals surface area contributed by atoms with Gasteiger partial charge in [0.1, 0.15) is 41.7 Å². The number of hydrogen-bond donors (Lipinski definition) is 17. The number of phenols is 1. The van der Waals surface area contributed by atoms with Gasteiger partial charge in [-0.2, -0.15) is 37.9 Å². The number of nitrogens with one attached hydrogen (secondary N) is 9. The minimum absolute atomic E-state index is 0.0954. The van der Waals surface area contributed by atoms with Gasteiger partial charge in [-0.25, -0.2) is 26.1 Å². The topological polar surface area (TPSA) is 423 Å². The second-order valence-corrected chi connectivity index (χ2v) is 25.0. The Kier molecular flexibility index (Phi) is 34.7. The van der Waals surface area contributed by atoms with Crippen LogP contribution in [-0.2, 0) is 68.7 Å². The minimum atomic E-state index is -1.75. The number of Topliss-reactive ketones (excluding diaryl/α,β-unsaturated/α-hetero) is 7.